The second-order valence-corrected chi connectivity index (χ2v) is 4.88. The van der Waals surface area contributed by atoms with Crippen molar-refractivity contribution in [2.75, 3.05) is 5.73 Å². The number of aromatic nitrogens is 2. The predicted molar refractivity (Wildman–Crippen MR) is 74.3 cm³/mol. The molecule has 0 fully saturated rings. The fourth-order valence-electron chi connectivity index (χ4n) is 2.45. The summed E-state index contributed by atoms with van der Waals surface area (Å²) >= 11 is 0. The Bertz CT molecular complexity index is 610. The fraction of sp³-hybridized carbons (Fsp3) is 0.333. The van der Waals surface area contributed by atoms with E-state index in [2.05, 4.69) is 9.97 Å². The van der Waals surface area contributed by atoms with E-state index in [-0.39, 0.29) is 0 Å². The molecule has 4 heteroatoms. The Labute approximate surface area is 112 Å². The summed E-state index contributed by atoms with van der Waals surface area (Å²) in [6, 6.07) is 7.42. The van der Waals surface area contributed by atoms with Crippen LogP contribution in [0.15, 0.2) is 24.3 Å². The summed E-state index contributed by atoms with van der Waals surface area (Å²) in [5, 5.41) is 0. The Morgan fingerprint density at radius 2 is 2.00 bits per heavy atom. The van der Waals surface area contributed by atoms with Crippen molar-refractivity contribution >= 4 is 5.69 Å². The van der Waals surface area contributed by atoms with Crippen LogP contribution >= 0.6 is 0 Å². The SMILES string of the molecule is Cc1nc2c(c(Oc3cccc(N)c3)n1)CCCC2. The van der Waals surface area contributed by atoms with Gasteiger partial charge in [0.05, 0.1) is 5.69 Å². The summed E-state index contributed by atoms with van der Waals surface area (Å²) in [4.78, 5) is 8.96. The number of benzene rings is 1. The molecule has 0 unspecified atom stereocenters. The quantitative estimate of drug-likeness (QED) is 0.838. The van der Waals surface area contributed by atoms with Crippen molar-refractivity contribution < 1.29 is 4.74 Å². The Hall–Kier alpha value is -2.10. The van der Waals surface area contributed by atoms with Gasteiger partial charge in [-0.25, -0.2) is 4.98 Å². The van der Waals surface area contributed by atoms with E-state index in [0.29, 0.717) is 11.6 Å². The summed E-state index contributed by atoms with van der Waals surface area (Å²) in [6.45, 7) is 1.90. The molecule has 2 N–H and O–H groups in total. The van der Waals surface area contributed by atoms with Gasteiger partial charge in [0.1, 0.15) is 11.6 Å². The molecule has 0 bridgehead atoms. The number of nitrogens with two attached hydrogens (primary N) is 1. The van der Waals surface area contributed by atoms with Crippen molar-refractivity contribution in [1.82, 2.24) is 9.97 Å². The maximum atomic E-state index is 5.91. The minimum atomic E-state index is 0.688. The largest absolute Gasteiger partial charge is 0.439 e. The van der Waals surface area contributed by atoms with E-state index < -0.39 is 0 Å². The van der Waals surface area contributed by atoms with Crippen LogP contribution in [0.25, 0.3) is 0 Å². The first-order valence-electron chi connectivity index (χ1n) is 6.62. The average Bonchev–Trinajstić information content (AvgIpc) is 2.38. The van der Waals surface area contributed by atoms with E-state index in [1.807, 2.05) is 31.2 Å². The molecule has 2 aromatic rings. The minimum Gasteiger partial charge on any atom is -0.439 e. The predicted octanol–water partition coefficient (Wildman–Crippen LogP) is 3.04. The molecule has 1 aromatic heterocycles. The van der Waals surface area contributed by atoms with Crippen molar-refractivity contribution in [1.29, 1.82) is 0 Å². The fourth-order valence-corrected chi connectivity index (χ4v) is 2.45. The van der Waals surface area contributed by atoms with Gasteiger partial charge in [0.2, 0.25) is 5.88 Å². The number of ether oxygens (including phenoxy) is 1. The molecule has 4 nitrogen and oxygen atoms in total. The van der Waals surface area contributed by atoms with E-state index >= 15 is 0 Å². The van der Waals surface area contributed by atoms with Crippen molar-refractivity contribution in [2.45, 2.75) is 32.6 Å². The number of rotatable bonds is 2. The van der Waals surface area contributed by atoms with Crippen molar-refractivity contribution in [3.8, 4) is 11.6 Å². The first-order chi connectivity index (χ1) is 9.22. The highest BCUT2D eigenvalue weighted by Crippen LogP contribution is 2.30. The molecule has 0 spiro atoms. The van der Waals surface area contributed by atoms with Crippen LogP contribution < -0.4 is 10.5 Å². The van der Waals surface area contributed by atoms with Gasteiger partial charge >= 0.3 is 0 Å². The third-order valence-electron chi connectivity index (χ3n) is 3.33. The summed E-state index contributed by atoms with van der Waals surface area (Å²) in [5.74, 6) is 2.18. The molecule has 98 valence electrons. The Morgan fingerprint density at radius 1 is 1.16 bits per heavy atom. The lowest BCUT2D eigenvalue weighted by atomic mass is 9.97. The molecule has 1 aliphatic rings. The number of anilines is 1. The van der Waals surface area contributed by atoms with E-state index in [4.69, 9.17) is 10.5 Å². The van der Waals surface area contributed by atoms with Gasteiger partial charge in [-0.3, -0.25) is 0 Å². The van der Waals surface area contributed by atoms with Gasteiger partial charge in [0, 0.05) is 17.3 Å². The van der Waals surface area contributed by atoms with E-state index in [1.54, 1.807) is 0 Å². The van der Waals surface area contributed by atoms with Crippen LogP contribution in [0.3, 0.4) is 0 Å². The number of fused-ring (bicyclic) bond motifs is 1. The molecule has 0 aliphatic heterocycles. The Balaban J connectivity index is 1.98. The highest BCUT2D eigenvalue weighted by Gasteiger charge is 2.18. The smallest absolute Gasteiger partial charge is 0.225 e. The Morgan fingerprint density at radius 3 is 2.84 bits per heavy atom. The summed E-state index contributed by atoms with van der Waals surface area (Å²) in [5.41, 5.74) is 8.75. The van der Waals surface area contributed by atoms with E-state index in [9.17, 15) is 0 Å². The van der Waals surface area contributed by atoms with Crippen molar-refractivity contribution in [2.24, 2.45) is 0 Å². The van der Waals surface area contributed by atoms with Crippen molar-refractivity contribution in [3.63, 3.8) is 0 Å². The van der Waals surface area contributed by atoms with Crippen molar-refractivity contribution in [3.05, 3.63) is 41.3 Å². The Kier molecular flexibility index (Phi) is 3.07. The number of nitrogen functional groups attached to an aromatic ring is 1. The lowest BCUT2D eigenvalue weighted by Crippen LogP contribution is -2.10. The van der Waals surface area contributed by atoms with Crippen LogP contribution in [0.5, 0.6) is 11.6 Å². The number of hydrogen-bond donors (Lipinski definition) is 1. The zero-order valence-electron chi connectivity index (χ0n) is 11.0. The third kappa shape index (κ3) is 2.52. The molecule has 0 saturated heterocycles. The molecular weight excluding hydrogens is 238 g/mol. The van der Waals surface area contributed by atoms with Crippen LogP contribution in [-0.2, 0) is 12.8 Å². The molecule has 0 amide bonds. The van der Waals surface area contributed by atoms with Gasteiger partial charge in [-0.2, -0.15) is 4.98 Å². The van der Waals surface area contributed by atoms with Gasteiger partial charge in [0.25, 0.3) is 0 Å². The lowest BCUT2D eigenvalue weighted by molar-refractivity contribution is 0.445. The second kappa shape index (κ2) is 4.88. The van der Waals surface area contributed by atoms with E-state index in [1.165, 1.54) is 12.8 Å². The summed E-state index contributed by atoms with van der Waals surface area (Å²) in [7, 11) is 0. The molecule has 1 aliphatic carbocycles. The lowest BCUT2D eigenvalue weighted by Gasteiger charge is -2.18. The molecule has 3 rings (SSSR count). The van der Waals surface area contributed by atoms with Crippen LogP contribution in [-0.4, -0.2) is 9.97 Å². The monoisotopic (exact) mass is 255 g/mol. The first kappa shape index (κ1) is 12.0. The highest BCUT2D eigenvalue weighted by atomic mass is 16.5. The van der Waals surface area contributed by atoms with Gasteiger partial charge in [-0.05, 0) is 44.7 Å². The van der Waals surface area contributed by atoms with Gasteiger partial charge in [0.15, 0.2) is 0 Å². The normalized spacial score (nSPS) is 13.9. The molecular formula is C15H17N3O. The maximum absolute atomic E-state index is 5.91. The molecule has 0 radical (unpaired) electrons. The van der Waals surface area contributed by atoms with Crippen LogP contribution in [0.1, 0.15) is 29.9 Å². The average molecular weight is 255 g/mol. The minimum absolute atomic E-state index is 0.688. The van der Waals surface area contributed by atoms with Crippen LogP contribution in [0, 0.1) is 6.92 Å². The zero-order chi connectivity index (χ0) is 13.2. The summed E-state index contributed by atoms with van der Waals surface area (Å²) < 4.78 is 5.91. The first-order valence-corrected chi connectivity index (χ1v) is 6.62. The van der Waals surface area contributed by atoms with Gasteiger partial charge in [-0.1, -0.05) is 6.07 Å². The van der Waals surface area contributed by atoms with Gasteiger partial charge < -0.3 is 10.5 Å². The molecule has 1 aromatic carbocycles. The molecule has 0 atom stereocenters. The molecule has 1 heterocycles. The van der Waals surface area contributed by atoms with Crippen LogP contribution in [0.4, 0.5) is 5.69 Å². The summed E-state index contributed by atoms with van der Waals surface area (Å²) in [6.07, 6.45) is 4.38. The van der Waals surface area contributed by atoms with Crippen LogP contribution in [0.2, 0.25) is 0 Å². The zero-order valence-corrected chi connectivity index (χ0v) is 11.0. The number of hydrogen-bond acceptors (Lipinski definition) is 4. The topological polar surface area (TPSA) is 61.0 Å². The maximum Gasteiger partial charge on any atom is 0.225 e. The molecule has 19 heavy (non-hydrogen) atoms. The van der Waals surface area contributed by atoms with Gasteiger partial charge in [-0.15, -0.1) is 0 Å². The highest BCUT2D eigenvalue weighted by molar-refractivity contribution is 5.45. The number of nitrogens with zero attached hydrogens (tertiary/aromatic N) is 2. The molecule has 0 saturated carbocycles. The van der Waals surface area contributed by atoms with E-state index in [0.717, 1.165) is 35.7 Å². The second-order valence-electron chi connectivity index (χ2n) is 4.88. The number of aryl methyl sites for hydroxylation is 2. The standard InChI is InChI=1S/C15H17N3O/c1-10-17-14-8-3-2-7-13(14)15(18-10)19-12-6-4-5-11(16)9-12/h4-6,9H,2-3,7-8,16H2,1H3. The third-order valence-corrected chi connectivity index (χ3v) is 3.33.